The smallest absolute Gasteiger partial charge is 0.323 e. The van der Waals surface area contributed by atoms with Gasteiger partial charge in [-0.25, -0.2) is 0 Å². The molecule has 1 heterocycles. The van der Waals surface area contributed by atoms with Crippen LogP contribution < -0.4 is 15.4 Å². The van der Waals surface area contributed by atoms with Crippen LogP contribution in [0, 0.1) is 5.41 Å². The summed E-state index contributed by atoms with van der Waals surface area (Å²) in [5.41, 5.74) is 0.204. The second-order valence-corrected chi connectivity index (χ2v) is 5.50. The minimum absolute atomic E-state index is 0.204. The first-order valence-electron chi connectivity index (χ1n) is 7.37. The Balaban J connectivity index is 2.79. The Labute approximate surface area is 121 Å². The monoisotopic (exact) mass is 281 g/mol. The molecule has 0 radical (unpaired) electrons. The zero-order valence-electron chi connectivity index (χ0n) is 13.3. The van der Waals surface area contributed by atoms with Crippen LogP contribution in [0.5, 0.6) is 6.01 Å². The Morgan fingerprint density at radius 2 is 1.65 bits per heavy atom. The molecule has 0 amide bonds. The maximum Gasteiger partial charge on any atom is 0.323 e. The van der Waals surface area contributed by atoms with E-state index >= 15 is 0 Å². The van der Waals surface area contributed by atoms with E-state index in [9.17, 15) is 0 Å². The molecule has 0 fully saturated rings. The molecular weight excluding hydrogens is 254 g/mol. The Morgan fingerprint density at radius 3 is 2.20 bits per heavy atom. The van der Waals surface area contributed by atoms with Gasteiger partial charge >= 0.3 is 6.01 Å². The van der Waals surface area contributed by atoms with Gasteiger partial charge in [-0.1, -0.05) is 27.7 Å². The Bertz CT molecular complexity index is 409. The third-order valence-corrected chi connectivity index (χ3v) is 3.10. The van der Waals surface area contributed by atoms with Gasteiger partial charge in [0, 0.05) is 13.1 Å². The minimum Gasteiger partial charge on any atom is -0.464 e. The van der Waals surface area contributed by atoms with E-state index in [1.54, 1.807) is 0 Å². The summed E-state index contributed by atoms with van der Waals surface area (Å²) in [4.78, 5) is 12.9. The molecule has 6 nitrogen and oxygen atoms in total. The predicted molar refractivity (Wildman–Crippen MR) is 82.3 cm³/mol. The quantitative estimate of drug-likeness (QED) is 0.725. The predicted octanol–water partition coefficient (Wildman–Crippen LogP) is 2.94. The molecule has 1 rings (SSSR count). The van der Waals surface area contributed by atoms with Crippen molar-refractivity contribution in [2.75, 3.05) is 30.3 Å². The lowest BCUT2D eigenvalue weighted by molar-refractivity contribution is 0.312. The van der Waals surface area contributed by atoms with Gasteiger partial charge in [0.05, 0.1) is 6.61 Å². The minimum atomic E-state index is 0.204. The molecule has 0 atom stereocenters. The summed E-state index contributed by atoms with van der Waals surface area (Å²) in [5.74, 6) is 1.12. The lowest BCUT2D eigenvalue weighted by Crippen LogP contribution is -2.23. The summed E-state index contributed by atoms with van der Waals surface area (Å²) in [6.07, 6.45) is 2.10. The highest BCUT2D eigenvalue weighted by atomic mass is 16.5. The summed E-state index contributed by atoms with van der Waals surface area (Å²) in [5, 5.41) is 6.43. The molecule has 0 spiro atoms. The number of nitrogens with one attached hydrogen (secondary N) is 2. The Hall–Kier alpha value is -1.59. The summed E-state index contributed by atoms with van der Waals surface area (Å²) in [7, 11) is 0. The van der Waals surface area contributed by atoms with Crippen molar-refractivity contribution >= 4 is 11.9 Å². The molecule has 0 saturated carbocycles. The molecule has 1 aromatic heterocycles. The summed E-state index contributed by atoms with van der Waals surface area (Å²) >= 11 is 0. The molecule has 0 unspecified atom stereocenters. The van der Waals surface area contributed by atoms with Gasteiger partial charge in [-0.3, -0.25) is 0 Å². The zero-order valence-corrected chi connectivity index (χ0v) is 13.3. The van der Waals surface area contributed by atoms with Gasteiger partial charge in [-0.05, 0) is 25.2 Å². The van der Waals surface area contributed by atoms with Crippen molar-refractivity contribution in [3.8, 4) is 6.01 Å². The van der Waals surface area contributed by atoms with Crippen LogP contribution in [0.2, 0.25) is 0 Å². The van der Waals surface area contributed by atoms with Gasteiger partial charge in [0.25, 0.3) is 0 Å². The van der Waals surface area contributed by atoms with Crippen molar-refractivity contribution in [1.29, 1.82) is 0 Å². The summed E-state index contributed by atoms with van der Waals surface area (Å²) in [6, 6.07) is 0.359. The topological polar surface area (TPSA) is 72.0 Å². The van der Waals surface area contributed by atoms with E-state index in [2.05, 4.69) is 53.3 Å². The van der Waals surface area contributed by atoms with Gasteiger partial charge in [0.15, 0.2) is 0 Å². The normalized spacial score (nSPS) is 11.2. The average Bonchev–Trinajstić information content (AvgIpc) is 2.43. The first kappa shape index (κ1) is 16.5. The molecule has 0 aliphatic carbocycles. The zero-order chi connectivity index (χ0) is 15.0. The highest BCUT2D eigenvalue weighted by molar-refractivity contribution is 5.36. The van der Waals surface area contributed by atoms with Gasteiger partial charge in [0.1, 0.15) is 0 Å². The first-order chi connectivity index (χ1) is 9.50. The van der Waals surface area contributed by atoms with Gasteiger partial charge in [0.2, 0.25) is 11.9 Å². The fourth-order valence-corrected chi connectivity index (χ4v) is 1.39. The van der Waals surface area contributed by atoms with E-state index in [1.165, 1.54) is 0 Å². The van der Waals surface area contributed by atoms with Crippen LogP contribution in [0.1, 0.15) is 47.5 Å². The summed E-state index contributed by atoms with van der Waals surface area (Å²) in [6.45, 7) is 12.8. The largest absolute Gasteiger partial charge is 0.464 e. The van der Waals surface area contributed by atoms with Crippen LogP contribution in [0.25, 0.3) is 0 Å². The van der Waals surface area contributed by atoms with Crippen molar-refractivity contribution in [3.63, 3.8) is 0 Å². The lowest BCUT2D eigenvalue weighted by Gasteiger charge is -2.22. The van der Waals surface area contributed by atoms with Crippen LogP contribution >= 0.6 is 0 Å². The number of ether oxygens (including phenoxy) is 1. The number of nitrogens with zero attached hydrogens (tertiary/aromatic N) is 3. The number of hydrogen-bond donors (Lipinski definition) is 2. The highest BCUT2D eigenvalue weighted by Crippen LogP contribution is 2.20. The Morgan fingerprint density at radius 1 is 1.00 bits per heavy atom. The van der Waals surface area contributed by atoms with Crippen molar-refractivity contribution in [1.82, 2.24) is 15.0 Å². The standard InChI is InChI=1S/C14H27N5O/c1-6-9-15-11-17-12(16-10-14(4,5)7-2)19-13(18-11)20-8-3/h6-10H2,1-5H3,(H2,15,16,17,18,19). The number of aromatic nitrogens is 3. The van der Waals surface area contributed by atoms with E-state index in [1.807, 2.05) is 6.92 Å². The Kier molecular flexibility index (Phi) is 6.48. The molecule has 0 aliphatic heterocycles. The van der Waals surface area contributed by atoms with Crippen LogP contribution in [-0.2, 0) is 0 Å². The first-order valence-corrected chi connectivity index (χ1v) is 7.37. The molecule has 1 aromatic rings. The van der Waals surface area contributed by atoms with E-state index in [0.29, 0.717) is 24.5 Å². The van der Waals surface area contributed by atoms with Crippen molar-refractivity contribution in [3.05, 3.63) is 0 Å². The van der Waals surface area contributed by atoms with E-state index in [-0.39, 0.29) is 5.41 Å². The lowest BCUT2D eigenvalue weighted by atomic mass is 9.90. The molecule has 20 heavy (non-hydrogen) atoms. The number of rotatable bonds is 9. The van der Waals surface area contributed by atoms with Crippen LogP contribution in [-0.4, -0.2) is 34.6 Å². The SMILES string of the molecule is CCCNc1nc(NCC(C)(C)CC)nc(OCC)n1. The molecule has 6 heteroatoms. The van der Waals surface area contributed by atoms with Crippen LogP contribution in [0.3, 0.4) is 0 Å². The molecule has 114 valence electrons. The maximum atomic E-state index is 5.38. The van der Waals surface area contributed by atoms with Gasteiger partial charge < -0.3 is 15.4 Å². The molecule has 2 N–H and O–H groups in total. The molecule has 0 aromatic carbocycles. The fourth-order valence-electron chi connectivity index (χ4n) is 1.39. The van der Waals surface area contributed by atoms with Crippen molar-refractivity contribution < 1.29 is 4.74 Å². The third kappa shape index (κ3) is 5.59. The molecule has 0 bridgehead atoms. The van der Waals surface area contributed by atoms with E-state index in [4.69, 9.17) is 4.74 Å². The third-order valence-electron chi connectivity index (χ3n) is 3.10. The van der Waals surface area contributed by atoms with Crippen LogP contribution in [0.15, 0.2) is 0 Å². The second-order valence-electron chi connectivity index (χ2n) is 5.50. The van der Waals surface area contributed by atoms with E-state index < -0.39 is 0 Å². The number of hydrogen-bond acceptors (Lipinski definition) is 6. The van der Waals surface area contributed by atoms with E-state index in [0.717, 1.165) is 25.9 Å². The average molecular weight is 281 g/mol. The van der Waals surface area contributed by atoms with Crippen LogP contribution in [0.4, 0.5) is 11.9 Å². The molecular formula is C14H27N5O. The van der Waals surface area contributed by atoms with Crippen molar-refractivity contribution in [2.24, 2.45) is 5.41 Å². The van der Waals surface area contributed by atoms with Gasteiger partial charge in [-0.15, -0.1) is 0 Å². The summed E-state index contributed by atoms with van der Waals surface area (Å²) < 4.78 is 5.38. The highest BCUT2D eigenvalue weighted by Gasteiger charge is 2.16. The molecule has 0 saturated heterocycles. The fraction of sp³-hybridized carbons (Fsp3) is 0.786. The molecule has 0 aliphatic rings. The maximum absolute atomic E-state index is 5.38. The van der Waals surface area contributed by atoms with Gasteiger partial charge in [-0.2, -0.15) is 15.0 Å². The van der Waals surface area contributed by atoms with Crippen molar-refractivity contribution in [2.45, 2.75) is 47.5 Å². The number of anilines is 2. The second kappa shape index (κ2) is 7.87.